The molecule has 1 atom stereocenters. The second-order valence-electron chi connectivity index (χ2n) is 10.0. The van der Waals surface area contributed by atoms with Gasteiger partial charge in [0.25, 0.3) is 5.91 Å². The van der Waals surface area contributed by atoms with E-state index in [-0.39, 0.29) is 42.9 Å². The number of rotatable bonds is 7. The van der Waals surface area contributed by atoms with Gasteiger partial charge in [-0.1, -0.05) is 25.1 Å². The van der Waals surface area contributed by atoms with E-state index in [0.29, 0.717) is 23.0 Å². The van der Waals surface area contributed by atoms with Crippen LogP contribution in [0.2, 0.25) is 0 Å². The number of hydrogen-bond donors (Lipinski definition) is 0. The fraction of sp³-hybridized carbons (Fsp3) is 0.500. The van der Waals surface area contributed by atoms with E-state index in [1.54, 1.807) is 41.2 Å². The minimum Gasteiger partial charge on any atom is -0.493 e. The lowest BCUT2D eigenvalue weighted by Gasteiger charge is -2.45. The maximum absolute atomic E-state index is 14.0. The van der Waals surface area contributed by atoms with Crippen LogP contribution in [0.15, 0.2) is 42.5 Å². The molecule has 0 aromatic heterocycles. The SMILES string of the molecule is COc1cc([C@@H]2C(=O)N(C3CCC(C)CC3)CC(=O)N2Cc2ccc(F)cc2)ccc1OC(C)C. The summed E-state index contributed by atoms with van der Waals surface area (Å²) in [7, 11) is 1.56. The number of hydrogen-bond acceptors (Lipinski definition) is 4. The first-order valence-corrected chi connectivity index (χ1v) is 12.5. The standard InChI is InChI=1S/C28H35FN2O4/c1-18(2)35-24-14-9-21(15-25(24)34-4)27-28(33)30(23-12-5-19(3)6-13-23)17-26(32)31(27)16-20-7-10-22(29)11-8-20/h7-11,14-15,18-19,23,27H,5-6,12-13,16-17H2,1-4H3/t19?,23?,27-/m1/s1. The summed E-state index contributed by atoms with van der Waals surface area (Å²) in [5, 5.41) is 0. The molecule has 0 radical (unpaired) electrons. The largest absolute Gasteiger partial charge is 0.493 e. The zero-order valence-electron chi connectivity index (χ0n) is 21.0. The van der Waals surface area contributed by atoms with Crippen molar-refractivity contribution in [1.29, 1.82) is 0 Å². The van der Waals surface area contributed by atoms with Gasteiger partial charge in [-0.3, -0.25) is 9.59 Å². The van der Waals surface area contributed by atoms with Crippen molar-refractivity contribution in [2.45, 2.75) is 71.2 Å². The Hall–Kier alpha value is -3.09. The van der Waals surface area contributed by atoms with Crippen LogP contribution >= 0.6 is 0 Å². The molecule has 188 valence electrons. The van der Waals surface area contributed by atoms with Gasteiger partial charge < -0.3 is 19.3 Å². The van der Waals surface area contributed by atoms with Gasteiger partial charge in [0.2, 0.25) is 5.91 Å². The predicted molar refractivity (Wildman–Crippen MR) is 132 cm³/mol. The van der Waals surface area contributed by atoms with E-state index in [0.717, 1.165) is 31.2 Å². The van der Waals surface area contributed by atoms with Crippen molar-refractivity contribution < 1.29 is 23.5 Å². The summed E-state index contributed by atoms with van der Waals surface area (Å²) in [6, 6.07) is 10.7. The number of carbonyl (C=O) groups excluding carboxylic acids is 2. The highest BCUT2D eigenvalue weighted by molar-refractivity contribution is 5.96. The highest BCUT2D eigenvalue weighted by Crippen LogP contribution is 2.38. The van der Waals surface area contributed by atoms with Gasteiger partial charge >= 0.3 is 0 Å². The van der Waals surface area contributed by atoms with Crippen LogP contribution < -0.4 is 9.47 Å². The highest BCUT2D eigenvalue weighted by Gasteiger charge is 2.43. The lowest BCUT2D eigenvalue weighted by Crippen LogP contribution is -2.58. The smallest absolute Gasteiger partial charge is 0.250 e. The first-order valence-electron chi connectivity index (χ1n) is 12.5. The maximum atomic E-state index is 14.0. The van der Waals surface area contributed by atoms with Crippen LogP contribution in [0.3, 0.4) is 0 Å². The van der Waals surface area contributed by atoms with Crippen molar-refractivity contribution in [3.63, 3.8) is 0 Å². The minimum absolute atomic E-state index is 0.0354. The maximum Gasteiger partial charge on any atom is 0.250 e. The van der Waals surface area contributed by atoms with E-state index in [1.165, 1.54) is 12.1 Å². The van der Waals surface area contributed by atoms with E-state index < -0.39 is 6.04 Å². The first kappa shape index (κ1) is 25.0. The third kappa shape index (κ3) is 5.60. The van der Waals surface area contributed by atoms with Crippen LogP contribution in [0.1, 0.15) is 63.6 Å². The van der Waals surface area contributed by atoms with Crippen molar-refractivity contribution in [2.75, 3.05) is 13.7 Å². The van der Waals surface area contributed by atoms with Crippen LogP contribution in [0.5, 0.6) is 11.5 Å². The molecule has 2 amide bonds. The molecule has 2 fully saturated rings. The molecule has 4 rings (SSSR count). The summed E-state index contributed by atoms with van der Waals surface area (Å²) in [4.78, 5) is 30.8. The quantitative estimate of drug-likeness (QED) is 0.550. The van der Waals surface area contributed by atoms with Crippen molar-refractivity contribution >= 4 is 11.8 Å². The third-order valence-electron chi connectivity index (χ3n) is 7.01. The second kappa shape index (κ2) is 10.7. The Morgan fingerprint density at radius 3 is 2.31 bits per heavy atom. The Morgan fingerprint density at radius 1 is 1.00 bits per heavy atom. The van der Waals surface area contributed by atoms with E-state index in [9.17, 15) is 14.0 Å². The van der Waals surface area contributed by atoms with Gasteiger partial charge in [0.1, 0.15) is 18.4 Å². The number of halogens is 1. The van der Waals surface area contributed by atoms with Gasteiger partial charge in [-0.05, 0) is 80.8 Å². The molecular formula is C28H35FN2O4. The average molecular weight is 483 g/mol. The van der Waals surface area contributed by atoms with Gasteiger partial charge in [-0.25, -0.2) is 4.39 Å². The lowest BCUT2D eigenvalue weighted by atomic mass is 9.85. The fourth-order valence-corrected chi connectivity index (χ4v) is 5.11. The molecule has 0 bridgehead atoms. The van der Waals surface area contributed by atoms with Gasteiger partial charge in [-0.15, -0.1) is 0 Å². The molecule has 1 saturated heterocycles. The molecule has 1 aliphatic carbocycles. The van der Waals surface area contributed by atoms with Gasteiger partial charge in [-0.2, -0.15) is 0 Å². The van der Waals surface area contributed by atoms with Crippen LogP contribution in [-0.4, -0.2) is 47.4 Å². The molecule has 35 heavy (non-hydrogen) atoms. The number of nitrogens with zero attached hydrogens (tertiary/aromatic N) is 2. The zero-order valence-corrected chi connectivity index (χ0v) is 21.0. The van der Waals surface area contributed by atoms with Crippen molar-refractivity contribution in [3.05, 3.63) is 59.4 Å². The second-order valence-corrected chi connectivity index (χ2v) is 10.0. The molecule has 0 N–H and O–H groups in total. The Morgan fingerprint density at radius 2 is 1.69 bits per heavy atom. The number of amides is 2. The summed E-state index contributed by atoms with van der Waals surface area (Å²) in [6.07, 6.45) is 3.90. The lowest BCUT2D eigenvalue weighted by molar-refractivity contribution is -0.160. The van der Waals surface area contributed by atoms with Crippen molar-refractivity contribution in [3.8, 4) is 11.5 Å². The molecule has 0 spiro atoms. The van der Waals surface area contributed by atoms with E-state index in [2.05, 4.69) is 6.92 Å². The predicted octanol–water partition coefficient (Wildman–Crippen LogP) is 5.11. The van der Waals surface area contributed by atoms with Crippen LogP contribution in [0, 0.1) is 11.7 Å². The van der Waals surface area contributed by atoms with E-state index in [1.807, 2.05) is 19.9 Å². The summed E-state index contributed by atoms with van der Waals surface area (Å²) in [6.45, 7) is 6.40. The zero-order chi connectivity index (χ0) is 25.1. The fourth-order valence-electron chi connectivity index (χ4n) is 5.11. The molecule has 6 nitrogen and oxygen atoms in total. The number of ether oxygens (including phenoxy) is 2. The third-order valence-corrected chi connectivity index (χ3v) is 7.01. The monoisotopic (exact) mass is 482 g/mol. The summed E-state index contributed by atoms with van der Waals surface area (Å²) >= 11 is 0. The number of benzene rings is 2. The Balaban J connectivity index is 1.70. The van der Waals surface area contributed by atoms with E-state index in [4.69, 9.17) is 9.47 Å². The average Bonchev–Trinajstić information content (AvgIpc) is 2.83. The van der Waals surface area contributed by atoms with Gasteiger partial charge in [0.15, 0.2) is 11.5 Å². The van der Waals surface area contributed by atoms with Gasteiger partial charge in [0, 0.05) is 12.6 Å². The van der Waals surface area contributed by atoms with Gasteiger partial charge in [0.05, 0.1) is 13.2 Å². The summed E-state index contributed by atoms with van der Waals surface area (Å²) in [5.41, 5.74) is 1.44. The summed E-state index contributed by atoms with van der Waals surface area (Å²) < 4.78 is 24.9. The molecule has 1 aliphatic heterocycles. The molecule has 2 aromatic rings. The number of piperazine rings is 1. The Kier molecular flexibility index (Phi) is 7.63. The normalized spacial score (nSPS) is 23.1. The number of methoxy groups -OCH3 is 1. The van der Waals surface area contributed by atoms with Crippen molar-refractivity contribution in [1.82, 2.24) is 9.80 Å². The molecule has 1 saturated carbocycles. The number of carbonyl (C=O) groups is 2. The minimum atomic E-state index is -0.789. The van der Waals surface area contributed by atoms with Crippen molar-refractivity contribution in [2.24, 2.45) is 5.92 Å². The Bertz CT molecular complexity index is 1050. The highest BCUT2D eigenvalue weighted by atomic mass is 19.1. The molecule has 1 heterocycles. The molecule has 7 heteroatoms. The van der Waals surface area contributed by atoms with E-state index >= 15 is 0 Å². The van der Waals surface area contributed by atoms with Crippen LogP contribution in [0.4, 0.5) is 4.39 Å². The van der Waals surface area contributed by atoms with Crippen LogP contribution in [0.25, 0.3) is 0 Å². The Labute approximate surface area is 207 Å². The molecule has 2 aliphatic rings. The molecule has 0 unspecified atom stereocenters. The van der Waals surface area contributed by atoms with Crippen LogP contribution in [-0.2, 0) is 16.1 Å². The first-order chi connectivity index (χ1) is 16.8. The summed E-state index contributed by atoms with van der Waals surface area (Å²) in [5.74, 6) is 1.22. The topological polar surface area (TPSA) is 59.1 Å². The molecular weight excluding hydrogens is 447 g/mol. The molecule has 2 aromatic carbocycles.